The maximum absolute atomic E-state index is 15.1. The summed E-state index contributed by atoms with van der Waals surface area (Å²) in [4.78, 5) is 18.5. The molecule has 0 aliphatic rings. The Morgan fingerprint density at radius 1 is 1.26 bits per heavy atom. The van der Waals surface area contributed by atoms with Crippen molar-refractivity contribution >= 4 is 34.8 Å². The van der Waals surface area contributed by atoms with Crippen LogP contribution in [0.3, 0.4) is 0 Å². The first-order chi connectivity index (χ1) is 14.7. The number of benzene rings is 2. The molecule has 3 aromatic rings. The molecule has 31 heavy (non-hydrogen) atoms. The molecule has 10 heteroatoms. The summed E-state index contributed by atoms with van der Waals surface area (Å²) in [5, 5.41) is 5.99. The number of hydrogen-bond acceptors (Lipinski definition) is 5. The van der Waals surface area contributed by atoms with E-state index in [-0.39, 0.29) is 33.7 Å². The lowest BCUT2D eigenvalue weighted by Gasteiger charge is -2.14. The van der Waals surface area contributed by atoms with Crippen LogP contribution in [-0.4, -0.2) is 21.9 Å². The van der Waals surface area contributed by atoms with Crippen molar-refractivity contribution in [1.82, 2.24) is 20.6 Å². The molecule has 0 spiro atoms. The number of nitrogens with two attached hydrogens (primary N) is 1. The number of imidazole rings is 1. The van der Waals surface area contributed by atoms with Crippen LogP contribution in [0.5, 0.6) is 11.5 Å². The highest BCUT2D eigenvalue weighted by Crippen LogP contribution is 2.35. The van der Waals surface area contributed by atoms with E-state index in [1.807, 2.05) is 19.9 Å². The number of rotatable bonds is 8. The van der Waals surface area contributed by atoms with E-state index in [4.69, 9.17) is 33.7 Å². The van der Waals surface area contributed by atoms with Crippen LogP contribution in [-0.2, 0) is 13.1 Å². The highest BCUT2D eigenvalue weighted by Gasteiger charge is 2.18. The standard InChI is InChI=1S/C21H22Cl2FN5O2/c1-11(2)26-8-12-5-14(25)7-15(6-12)31-19-16(22)4-3-13(17(19)24)9-27-21(30)18-20(23)29-10-28-18/h3-7,10-11,26H,8-9,25H2,1-2H3,(H,27,30)(H,28,29). The van der Waals surface area contributed by atoms with Crippen molar-refractivity contribution in [3.05, 3.63) is 69.5 Å². The number of aromatic amines is 1. The predicted molar refractivity (Wildman–Crippen MR) is 119 cm³/mol. The van der Waals surface area contributed by atoms with E-state index < -0.39 is 11.7 Å². The Balaban J connectivity index is 1.78. The molecule has 2 aromatic carbocycles. The average molecular weight is 466 g/mol. The molecule has 1 aromatic heterocycles. The third-order valence-electron chi connectivity index (χ3n) is 4.31. The van der Waals surface area contributed by atoms with Gasteiger partial charge in [-0.15, -0.1) is 0 Å². The van der Waals surface area contributed by atoms with E-state index in [2.05, 4.69) is 20.6 Å². The summed E-state index contributed by atoms with van der Waals surface area (Å²) in [6, 6.07) is 8.42. The van der Waals surface area contributed by atoms with Gasteiger partial charge in [-0.1, -0.05) is 43.1 Å². The number of amides is 1. The van der Waals surface area contributed by atoms with Crippen molar-refractivity contribution in [3.8, 4) is 11.5 Å². The number of nitrogen functional groups attached to an aromatic ring is 1. The van der Waals surface area contributed by atoms with E-state index in [1.54, 1.807) is 12.1 Å². The quantitative estimate of drug-likeness (QED) is 0.362. The number of anilines is 1. The summed E-state index contributed by atoms with van der Waals surface area (Å²) in [5.74, 6) is -1.00. The number of nitrogens with one attached hydrogen (secondary N) is 3. The lowest BCUT2D eigenvalue weighted by molar-refractivity contribution is 0.0946. The van der Waals surface area contributed by atoms with Gasteiger partial charge < -0.3 is 26.1 Å². The zero-order valence-electron chi connectivity index (χ0n) is 16.9. The Bertz CT molecular complexity index is 1090. The number of halogens is 3. The highest BCUT2D eigenvalue weighted by molar-refractivity contribution is 6.32. The Morgan fingerprint density at radius 3 is 2.71 bits per heavy atom. The van der Waals surface area contributed by atoms with Gasteiger partial charge in [-0.3, -0.25) is 4.79 Å². The molecule has 0 saturated carbocycles. The second kappa shape index (κ2) is 10.00. The maximum atomic E-state index is 15.1. The molecule has 0 aliphatic carbocycles. The number of H-pyrrole nitrogens is 1. The van der Waals surface area contributed by atoms with Crippen molar-refractivity contribution in [3.63, 3.8) is 0 Å². The molecule has 164 valence electrons. The molecule has 0 bridgehead atoms. The first-order valence-electron chi connectivity index (χ1n) is 9.49. The van der Waals surface area contributed by atoms with E-state index >= 15 is 4.39 Å². The smallest absolute Gasteiger partial charge is 0.271 e. The van der Waals surface area contributed by atoms with Crippen LogP contribution in [0.4, 0.5) is 10.1 Å². The zero-order valence-corrected chi connectivity index (χ0v) is 18.4. The van der Waals surface area contributed by atoms with Gasteiger partial charge in [0, 0.05) is 36.4 Å². The Hall–Kier alpha value is -2.81. The molecule has 3 rings (SSSR count). The fourth-order valence-corrected chi connectivity index (χ4v) is 3.16. The summed E-state index contributed by atoms with van der Waals surface area (Å²) >= 11 is 12.0. The first kappa shape index (κ1) is 22.9. The van der Waals surface area contributed by atoms with E-state index in [9.17, 15) is 4.79 Å². The third-order valence-corrected chi connectivity index (χ3v) is 4.90. The number of carbonyl (C=O) groups is 1. The number of aromatic nitrogens is 2. The summed E-state index contributed by atoms with van der Waals surface area (Å²) < 4.78 is 20.8. The number of hydrogen-bond donors (Lipinski definition) is 4. The topological polar surface area (TPSA) is 105 Å². The minimum absolute atomic E-state index is 0.0301. The van der Waals surface area contributed by atoms with Gasteiger partial charge in [0.05, 0.1) is 11.3 Å². The van der Waals surface area contributed by atoms with Gasteiger partial charge >= 0.3 is 0 Å². The van der Waals surface area contributed by atoms with E-state index in [0.717, 1.165) is 5.56 Å². The van der Waals surface area contributed by atoms with Gasteiger partial charge in [0.25, 0.3) is 5.91 Å². The average Bonchev–Trinajstić information content (AvgIpc) is 3.14. The van der Waals surface area contributed by atoms with Gasteiger partial charge in [-0.05, 0) is 23.8 Å². The van der Waals surface area contributed by atoms with Crippen LogP contribution in [0, 0.1) is 5.82 Å². The second-order valence-electron chi connectivity index (χ2n) is 7.15. The summed E-state index contributed by atoms with van der Waals surface area (Å²) in [5.41, 5.74) is 7.62. The first-order valence-corrected chi connectivity index (χ1v) is 10.2. The Labute approximate surface area is 189 Å². The molecule has 1 heterocycles. The van der Waals surface area contributed by atoms with Crippen molar-refractivity contribution in [2.75, 3.05) is 5.73 Å². The van der Waals surface area contributed by atoms with Crippen molar-refractivity contribution in [1.29, 1.82) is 0 Å². The molecule has 0 radical (unpaired) electrons. The van der Waals surface area contributed by atoms with Gasteiger partial charge in [-0.2, -0.15) is 0 Å². The normalized spacial score (nSPS) is 11.0. The van der Waals surface area contributed by atoms with E-state index in [0.29, 0.717) is 24.0 Å². The van der Waals surface area contributed by atoms with Gasteiger partial charge in [0.1, 0.15) is 11.4 Å². The molecule has 7 nitrogen and oxygen atoms in total. The molecular formula is C21H22Cl2FN5O2. The molecule has 0 saturated heterocycles. The molecule has 5 N–H and O–H groups in total. The minimum atomic E-state index is -0.687. The largest absolute Gasteiger partial charge is 0.453 e. The summed E-state index contributed by atoms with van der Waals surface area (Å²) in [7, 11) is 0. The number of ether oxygens (including phenoxy) is 1. The fraction of sp³-hybridized carbons (Fsp3) is 0.238. The van der Waals surface area contributed by atoms with Crippen molar-refractivity contribution in [2.24, 2.45) is 0 Å². The van der Waals surface area contributed by atoms with Crippen LogP contribution in [0.15, 0.2) is 36.7 Å². The lowest BCUT2D eigenvalue weighted by Crippen LogP contribution is -2.24. The number of carbonyl (C=O) groups excluding carboxylic acids is 1. The molecular weight excluding hydrogens is 444 g/mol. The SMILES string of the molecule is CC(C)NCc1cc(N)cc(Oc2c(Cl)ccc(CNC(=O)c3[nH]cnc3Cl)c2F)c1. The van der Waals surface area contributed by atoms with E-state index in [1.165, 1.54) is 18.5 Å². The molecule has 0 atom stereocenters. The minimum Gasteiger partial charge on any atom is -0.453 e. The van der Waals surface area contributed by atoms with Gasteiger partial charge in [0.15, 0.2) is 16.7 Å². The Kier molecular flexibility index (Phi) is 7.37. The van der Waals surface area contributed by atoms with Crippen LogP contribution >= 0.6 is 23.2 Å². The van der Waals surface area contributed by atoms with Crippen molar-refractivity contribution < 1.29 is 13.9 Å². The van der Waals surface area contributed by atoms with Gasteiger partial charge in [0.2, 0.25) is 0 Å². The highest BCUT2D eigenvalue weighted by atomic mass is 35.5. The maximum Gasteiger partial charge on any atom is 0.271 e. The van der Waals surface area contributed by atoms with Crippen LogP contribution in [0.25, 0.3) is 0 Å². The van der Waals surface area contributed by atoms with Gasteiger partial charge in [-0.25, -0.2) is 9.37 Å². The monoisotopic (exact) mass is 465 g/mol. The summed E-state index contributed by atoms with van der Waals surface area (Å²) in [6.45, 7) is 4.54. The predicted octanol–water partition coefficient (Wildman–Crippen LogP) is 4.66. The van der Waals surface area contributed by atoms with Crippen molar-refractivity contribution in [2.45, 2.75) is 33.0 Å². The molecule has 1 amide bonds. The Morgan fingerprint density at radius 2 is 2.03 bits per heavy atom. The number of nitrogens with zero attached hydrogens (tertiary/aromatic N) is 1. The zero-order chi connectivity index (χ0) is 22.5. The molecule has 0 aliphatic heterocycles. The molecule has 0 fully saturated rings. The van der Waals surface area contributed by atoms with Crippen LogP contribution in [0.2, 0.25) is 10.2 Å². The fourth-order valence-electron chi connectivity index (χ4n) is 2.79. The lowest BCUT2D eigenvalue weighted by atomic mass is 10.1. The van der Waals surface area contributed by atoms with Crippen LogP contribution in [0.1, 0.15) is 35.5 Å². The second-order valence-corrected chi connectivity index (χ2v) is 7.91. The van der Waals surface area contributed by atoms with Crippen LogP contribution < -0.4 is 21.1 Å². The molecule has 0 unspecified atom stereocenters. The summed E-state index contributed by atoms with van der Waals surface area (Å²) in [6.07, 6.45) is 1.29. The third kappa shape index (κ3) is 5.88.